The predicted molar refractivity (Wildman–Crippen MR) is 75.5 cm³/mol. The molecule has 90 valence electrons. The van der Waals surface area contributed by atoms with E-state index in [1.54, 1.807) is 6.07 Å². The molecule has 1 unspecified atom stereocenters. The molecule has 0 amide bonds. The second kappa shape index (κ2) is 5.20. The number of anilines is 2. The molecule has 4 nitrogen and oxygen atoms in total. The maximum Gasteiger partial charge on any atom is 0.226 e. The molecule has 0 spiro atoms. The van der Waals surface area contributed by atoms with E-state index in [1.807, 2.05) is 19.1 Å². The van der Waals surface area contributed by atoms with Crippen molar-refractivity contribution in [3.05, 3.63) is 32.0 Å². The number of nitrogens with two attached hydrogens (primary N) is 1. The van der Waals surface area contributed by atoms with Gasteiger partial charge in [-0.1, -0.05) is 11.6 Å². The number of hydrogen-bond donors (Lipinski definition) is 2. The summed E-state index contributed by atoms with van der Waals surface area (Å²) >= 11 is 10.7. The van der Waals surface area contributed by atoms with Crippen molar-refractivity contribution >= 4 is 50.6 Å². The molecule has 0 fully saturated rings. The molecular weight excluding hydrogens is 324 g/mol. The Hall–Kier alpha value is -0.850. The molecule has 0 aromatic carbocycles. The molecule has 17 heavy (non-hydrogen) atoms. The maximum absolute atomic E-state index is 5.89. The van der Waals surface area contributed by atoms with E-state index in [4.69, 9.17) is 17.3 Å². The molecule has 1 atom stereocenters. The first kappa shape index (κ1) is 12.6. The van der Waals surface area contributed by atoms with Gasteiger partial charge in [-0.2, -0.15) is 4.98 Å². The summed E-state index contributed by atoms with van der Waals surface area (Å²) in [6.07, 6.45) is 0. The molecule has 0 aliphatic carbocycles. The van der Waals surface area contributed by atoms with Crippen LogP contribution in [0.2, 0.25) is 4.34 Å². The zero-order valence-corrected chi connectivity index (χ0v) is 12.1. The van der Waals surface area contributed by atoms with Crippen LogP contribution in [0.5, 0.6) is 0 Å². The van der Waals surface area contributed by atoms with Gasteiger partial charge in [0.1, 0.15) is 10.4 Å². The Morgan fingerprint density at radius 2 is 2.24 bits per heavy atom. The quantitative estimate of drug-likeness (QED) is 0.841. The molecule has 2 aromatic rings. The molecule has 2 aromatic heterocycles. The van der Waals surface area contributed by atoms with Crippen LogP contribution in [-0.4, -0.2) is 9.97 Å². The van der Waals surface area contributed by atoms with Crippen molar-refractivity contribution < 1.29 is 0 Å². The highest BCUT2D eigenvalue weighted by atomic mass is 79.9. The van der Waals surface area contributed by atoms with Gasteiger partial charge < -0.3 is 11.1 Å². The smallest absolute Gasteiger partial charge is 0.226 e. The van der Waals surface area contributed by atoms with Gasteiger partial charge in [0.05, 0.1) is 10.4 Å². The van der Waals surface area contributed by atoms with Crippen LogP contribution in [0.25, 0.3) is 0 Å². The largest absolute Gasteiger partial charge is 0.383 e. The van der Waals surface area contributed by atoms with E-state index in [-0.39, 0.29) is 6.04 Å². The summed E-state index contributed by atoms with van der Waals surface area (Å²) < 4.78 is 1.42. The van der Waals surface area contributed by atoms with E-state index >= 15 is 0 Å². The Balaban J connectivity index is 2.15. The first-order valence-corrected chi connectivity index (χ1v) is 6.85. The summed E-state index contributed by atoms with van der Waals surface area (Å²) in [4.78, 5) is 9.42. The molecule has 0 saturated heterocycles. The van der Waals surface area contributed by atoms with Crippen LogP contribution in [0, 0.1) is 0 Å². The van der Waals surface area contributed by atoms with Gasteiger partial charge >= 0.3 is 0 Å². The summed E-state index contributed by atoms with van der Waals surface area (Å²) in [5.41, 5.74) is 5.64. The van der Waals surface area contributed by atoms with Crippen LogP contribution in [0.15, 0.2) is 22.8 Å². The highest BCUT2D eigenvalue weighted by molar-refractivity contribution is 9.10. The highest BCUT2D eigenvalue weighted by Gasteiger charge is 2.10. The van der Waals surface area contributed by atoms with Crippen molar-refractivity contribution in [3.8, 4) is 0 Å². The van der Waals surface area contributed by atoms with Crippen molar-refractivity contribution in [2.24, 2.45) is 0 Å². The third-order valence-corrected chi connectivity index (χ3v) is 3.90. The zero-order valence-electron chi connectivity index (χ0n) is 8.95. The van der Waals surface area contributed by atoms with Gasteiger partial charge in [-0.3, -0.25) is 0 Å². The minimum atomic E-state index is 0.0844. The van der Waals surface area contributed by atoms with Crippen molar-refractivity contribution in [3.63, 3.8) is 0 Å². The third-order valence-electron chi connectivity index (χ3n) is 2.08. The van der Waals surface area contributed by atoms with Crippen molar-refractivity contribution in [2.45, 2.75) is 13.0 Å². The van der Waals surface area contributed by atoms with Gasteiger partial charge in [-0.15, -0.1) is 11.3 Å². The zero-order chi connectivity index (χ0) is 12.4. The predicted octanol–water partition coefficient (Wildman–Crippen LogP) is 3.71. The molecule has 0 bridgehead atoms. The molecular formula is C10H10BrClN4S. The summed E-state index contributed by atoms with van der Waals surface area (Å²) in [5, 5.41) is 3.17. The van der Waals surface area contributed by atoms with E-state index in [1.165, 1.54) is 11.3 Å². The van der Waals surface area contributed by atoms with Crippen LogP contribution >= 0.6 is 38.9 Å². The standard InChI is InChI=1S/C10H10BrClN4S/c1-5(6-2-3-8(12)17-6)14-10-15-7(11)4-9(13)16-10/h2-5H,1H3,(H3,13,14,15,16). The maximum atomic E-state index is 5.89. The summed E-state index contributed by atoms with van der Waals surface area (Å²) in [7, 11) is 0. The fourth-order valence-corrected chi connectivity index (χ4v) is 2.79. The number of aromatic nitrogens is 2. The van der Waals surface area contributed by atoms with Crippen LogP contribution < -0.4 is 11.1 Å². The molecule has 7 heteroatoms. The molecule has 2 rings (SSSR count). The number of rotatable bonds is 3. The number of halogens is 2. The Bertz CT molecular complexity index is 511. The molecule has 0 aliphatic rings. The van der Waals surface area contributed by atoms with E-state index in [0.29, 0.717) is 16.4 Å². The highest BCUT2D eigenvalue weighted by Crippen LogP contribution is 2.28. The van der Waals surface area contributed by atoms with Gasteiger partial charge in [0, 0.05) is 10.9 Å². The lowest BCUT2D eigenvalue weighted by atomic mass is 10.3. The normalized spacial score (nSPS) is 12.4. The molecule has 0 aliphatic heterocycles. The second-order valence-electron chi connectivity index (χ2n) is 3.45. The second-order valence-corrected chi connectivity index (χ2v) is 6.01. The van der Waals surface area contributed by atoms with Gasteiger partial charge in [0.25, 0.3) is 0 Å². The fourth-order valence-electron chi connectivity index (χ4n) is 1.33. The van der Waals surface area contributed by atoms with Crippen LogP contribution in [-0.2, 0) is 0 Å². The van der Waals surface area contributed by atoms with E-state index in [9.17, 15) is 0 Å². The summed E-state index contributed by atoms with van der Waals surface area (Å²) in [6, 6.07) is 5.58. The third kappa shape index (κ3) is 3.31. The Morgan fingerprint density at radius 1 is 1.47 bits per heavy atom. The summed E-state index contributed by atoms with van der Waals surface area (Å²) in [6.45, 7) is 2.02. The molecule has 0 radical (unpaired) electrons. The average Bonchev–Trinajstić information content (AvgIpc) is 2.63. The monoisotopic (exact) mass is 332 g/mol. The van der Waals surface area contributed by atoms with E-state index in [2.05, 4.69) is 31.2 Å². The van der Waals surface area contributed by atoms with Crippen molar-refractivity contribution in [2.75, 3.05) is 11.1 Å². The fraction of sp³-hybridized carbons (Fsp3) is 0.200. The Kier molecular flexibility index (Phi) is 3.86. The van der Waals surface area contributed by atoms with Gasteiger partial charge in [-0.25, -0.2) is 4.98 Å². The average molecular weight is 334 g/mol. The number of nitrogen functional groups attached to an aromatic ring is 1. The minimum absolute atomic E-state index is 0.0844. The van der Waals surface area contributed by atoms with Crippen molar-refractivity contribution in [1.29, 1.82) is 0 Å². The molecule has 2 heterocycles. The first-order valence-electron chi connectivity index (χ1n) is 4.86. The van der Waals surface area contributed by atoms with Crippen LogP contribution in [0.1, 0.15) is 17.8 Å². The lowest BCUT2D eigenvalue weighted by Crippen LogP contribution is -2.09. The van der Waals surface area contributed by atoms with E-state index < -0.39 is 0 Å². The number of nitrogens with one attached hydrogen (secondary N) is 1. The number of hydrogen-bond acceptors (Lipinski definition) is 5. The van der Waals surface area contributed by atoms with Gasteiger partial charge in [0.15, 0.2) is 0 Å². The lowest BCUT2D eigenvalue weighted by Gasteiger charge is -2.12. The Morgan fingerprint density at radius 3 is 2.82 bits per heavy atom. The molecule has 3 N–H and O–H groups in total. The Labute approximate surface area is 116 Å². The topological polar surface area (TPSA) is 63.8 Å². The van der Waals surface area contributed by atoms with Crippen LogP contribution in [0.4, 0.5) is 11.8 Å². The number of thiophene rings is 1. The van der Waals surface area contributed by atoms with Gasteiger partial charge in [-0.05, 0) is 35.0 Å². The summed E-state index contributed by atoms with van der Waals surface area (Å²) in [5.74, 6) is 0.916. The molecule has 0 saturated carbocycles. The van der Waals surface area contributed by atoms with E-state index in [0.717, 1.165) is 9.21 Å². The first-order chi connectivity index (χ1) is 8.04. The SMILES string of the molecule is CC(Nc1nc(N)cc(Br)n1)c1ccc(Cl)s1. The minimum Gasteiger partial charge on any atom is -0.383 e. The lowest BCUT2D eigenvalue weighted by molar-refractivity contribution is 0.879. The number of nitrogens with zero attached hydrogens (tertiary/aromatic N) is 2. The van der Waals surface area contributed by atoms with Crippen LogP contribution in [0.3, 0.4) is 0 Å². The van der Waals surface area contributed by atoms with Gasteiger partial charge in [0.2, 0.25) is 5.95 Å². The van der Waals surface area contributed by atoms with Crippen molar-refractivity contribution in [1.82, 2.24) is 9.97 Å².